The molecule has 14 heteroatoms. The van der Waals surface area contributed by atoms with Crippen LogP contribution in [0, 0.1) is 10.1 Å². The molecule has 11 nitrogen and oxygen atoms in total. The number of methoxy groups -OCH3 is 1. The van der Waals surface area contributed by atoms with Gasteiger partial charge in [-0.05, 0) is 92.7 Å². The van der Waals surface area contributed by atoms with Crippen molar-refractivity contribution in [2.75, 3.05) is 20.3 Å². The summed E-state index contributed by atoms with van der Waals surface area (Å²) in [5.41, 5.74) is 1.79. The van der Waals surface area contributed by atoms with Crippen LogP contribution in [0.1, 0.15) is 36.6 Å². The Balaban J connectivity index is 1.52. The van der Waals surface area contributed by atoms with Crippen molar-refractivity contribution in [1.29, 1.82) is 0 Å². The molecular formula is C32H27Br2N3O8S. The molecule has 0 N–H and O–H groups in total. The maximum Gasteiger partial charge on any atom is 0.337 e. The molecule has 0 saturated carbocycles. The number of rotatable bonds is 11. The first kappa shape index (κ1) is 33.1. The lowest BCUT2D eigenvalue weighted by Crippen LogP contribution is -2.39. The van der Waals surface area contributed by atoms with Crippen molar-refractivity contribution in [3.8, 4) is 17.2 Å². The van der Waals surface area contributed by atoms with Gasteiger partial charge in [-0.25, -0.2) is 9.79 Å². The fraction of sp³-hybridized carbons (Fsp3) is 0.219. The van der Waals surface area contributed by atoms with E-state index in [1.165, 1.54) is 41.3 Å². The van der Waals surface area contributed by atoms with Crippen LogP contribution in [-0.2, 0) is 16.1 Å². The third-order valence-corrected chi connectivity index (χ3v) is 9.01. The molecule has 0 saturated heterocycles. The van der Waals surface area contributed by atoms with Crippen LogP contribution in [0.25, 0.3) is 6.08 Å². The number of carbonyl (C=O) groups is 1. The molecule has 0 amide bonds. The zero-order chi connectivity index (χ0) is 33.0. The van der Waals surface area contributed by atoms with Crippen LogP contribution in [0.2, 0.25) is 0 Å². The Bertz CT molecular complexity index is 2020. The van der Waals surface area contributed by atoms with E-state index in [2.05, 4.69) is 36.9 Å². The summed E-state index contributed by atoms with van der Waals surface area (Å²) in [7, 11) is 1.28. The SMILES string of the molecule is CCOc1ccc([C@H]2C(C(=O)OC)=CN=c3s/c(=C\c4cc(Br)c(OCc5cccc([N+](=O)[O-])c5)c(Br)c4)c(=O)n32)cc1OCC. The second kappa shape index (κ2) is 14.4. The molecule has 5 rings (SSSR count). The van der Waals surface area contributed by atoms with Gasteiger partial charge in [-0.3, -0.25) is 19.5 Å². The predicted molar refractivity (Wildman–Crippen MR) is 179 cm³/mol. The Hall–Kier alpha value is -4.27. The van der Waals surface area contributed by atoms with E-state index in [-0.39, 0.29) is 23.4 Å². The largest absolute Gasteiger partial charge is 0.490 e. The molecule has 4 aromatic rings. The second-order valence-corrected chi connectivity index (χ2v) is 12.5. The van der Waals surface area contributed by atoms with Gasteiger partial charge in [0.05, 0.1) is 50.3 Å². The standard InChI is InChI=1S/C32H27Br2N3O8S/c1-4-43-25-10-9-20(15-26(25)44-5-2)28-22(31(39)42-3)16-35-32-36(28)30(38)27(46-32)14-19-12-23(33)29(24(34)13-19)45-17-18-7-6-8-21(11-18)37(40)41/h6-16,28H,4-5,17H2,1-3H3/b27-14-/t28-/m0/s1. The van der Waals surface area contributed by atoms with Gasteiger partial charge >= 0.3 is 5.97 Å². The fourth-order valence-electron chi connectivity index (χ4n) is 4.85. The van der Waals surface area contributed by atoms with Crippen LogP contribution < -0.4 is 29.1 Å². The number of non-ortho nitro benzene ring substituents is 1. The Morgan fingerprint density at radius 1 is 1.04 bits per heavy atom. The monoisotopic (exact) mass is 771 g/mol. The summed E-state index contributed by atoms with van der Waals surface area (Å²) < 4.78 is 25.6. The maximum absolute atomic E-state index is 14.0. The van der Waals surface area contributed by atoms with Gasteiger partial charge in [0.1, 0.15) is 12.4 Å². The van der Waals surface area contributed by atoms with E-state index in [1.54, 1.807) is 48.5 Å². The van der Waals surface area contributed by atoms with E-state index in [9.17, 15) is 19.7 Å². The fourth-order valence-corrected chi connectivity index (χ4v) is 7.27. The first-order chi connectivity index (χ1) is 22.1. The van der Waals surface area contributed by atoms with Crippen molar-refractivity contribution < 1.29 is 28.7 Å². The van der Waals surface area contributed by atoms with Crippen LogP contribution >= 0.6 is 43.2 Å². The number of aromatic nitrogens is 1. The number of thiazole rings is 1. The lowest BCUT2D eigenvalue weighted by atomic mass is 9.97. The molecule has 0 fully saturated rings. The van der Waals surface area contributed by atoms with E-state index in [4.69, 9.17) is 18.9 Å². The zero-order valence-electron chi connectivity index (χ0n) is 24.8. The Kier molecular flexibility index (Phi) is 10.4. The molecule has 46 heavy (non-hydrogen) atoms. The zero-order valence-corrected chi connectivity index (χ0v) is 28.8. The van der Waals surface area contributed by atoms with E-state index < -0.39 is 16.9 Å². The molecule has 1 atom stereocenters. The number of nitrogens with zero attached hydrogens (tertiary/aromatic N) is 3. The molecule has 0 spiro atoms. The van der Waals surface area contributed by atoms with Gasteiger partial charge in [-0.2, -0.15) is 0 Å². The number of hydrogen-bond acceptors (Lipinski definition) is 10. The molecular weight excluding hydrogens is 746 g/mol. The van der Waals surface area contributed by atoms with Crippen molar-refractivity contribution in [3.05, 3.63) is 122 Å². The molecule has 0 aliphatic carbocycles. The van der Waals surface area contributed by atoms with Gasteiger partial charge in [0, 0.05) is 18.3 Å². The summed E-state index contributed by atoms with van der Waals surface area (Å²) >= 11 is 8.27. The number of fused-ring (bicyclic) bond motifs is 1. The van der Waals surface area contributed by atoms with E-state index in [0.29, 0.717) is 65.4 Å². The summed E-state index contributed by atoms with van der Waals surface area (Å²) in [4.78, 5) is 42.3. The number of benzene rings is 3. The molecule has 0 unspecified atom stereocenters. The van der Waals surface area contributed by atoms with Gasteiger partial charge in [0.2, 0.25) is 0 Å². The number of halogens is 2. The molecule has 0 bridgehead atoms. The minimum absolute atomic E-state index is 0.0192. The van der Waals surface area contributed by atoms with Crippen molar-refractivity contribution in [2.45, 2.75) is 26.5 Å². The summed E-state index contributed by atoms with van der Waals surface area (Å²) in [6, 6.07) is 14.3. The summed E-state index contributed by atoms with van der Waals surface area (Å²) in [6.07, 6.45) is 3.16. The van der Waals surface area contributed by atoms with E-state index in [1.807, 2.05) is 13.8 Å². The number of carbonyl (C=O) groups excluding carboxylic acids is 1. The van der Waals surface area contributed by atoms with Gasteiger partial charge in [-0.15, -0.1) is 0 Å². The summed E-state index contributed by atoms with van der Waals surface area (Å²) in [5.74, 6) is 0.933. The smallest absolute Gasteiger partial charge is 0.337 e. The number of nitro groups is 1. The lowest BCUT2D eigenvalue weighted by molar-refractivity contribution is -0.384. The van der Waals surface area contributed by atoms with Gasteiger partial charge in [0.15, 0.2) is 16.3 Å². The van der Waals surface area contributed by atoms with Gasteiger partial charge in [-0.1, -0.05) is 29.5 Å². The minimum Gasteiger partial charge on any atom is -0.490 e. The third-order valence-electron chi connectivity index (χ3n) is 6.83. The van der Waals surface area contributed by atoms with Gasteiger partial charge < -0.3 is 18.9 Å². The highest BCUT2D eigenvalue weighted by Gasteiger charge is 2.31. The Labute approximate surface area is 283 Å². The number of ether oxygens (including phenoxy) is 4. The van der Waals surface area contributed by atoms with Gasteiger partial charge in [0.25, 0.3) is 11.2 Å². The van der Waals surface area contributed by atoms with E-state index in [0.717, 1.165) is 0 Å². The average molecular weight is 773 g/mol. The highest BCUT2D eigenvalue weighted by molar-refractivity contribution is 9.11. The molecule has 1 aromatic heterocycles. The first-order valence-corrected chi connectivity index (χ1v) is 16.4. The predicted octanol–water partition coefficient (Wildman–Crippen LogP) is 5.83. The molecule has 2 heterocycles. The van der Waals surface area contributed by atoms with Crippen LogP contribution in [0.5, 0.6) is 17.2 Å². The Morgan fingerprint density at radius 3 is 2.43 bits per heavy atom. The van der Waals surface area contributed by atoms with Crippen LogP contribution in [0.15, 0.2) is 85.1 Å². The number of hydrogen-bond donors (Lipinski definition) is 0. The topological polar surface area (TPSA) is 131 Å². The van der Waals surface area contributed by atoms with Crippen LogP contribution in [-0.4, -0.2) is 35.8 Å². The highest BCUT2D eigenvalue weighted by Crippen LogP contribution is 2.37. The van der Waals surface area contributed by atoms with Crippen molar-refractivity contribution in [2.24, 2.45) is 4.99 Å². The minimum atomic E-state index is -0.816. The molecule has 1 aliphatic heterocycles. The highest BCUT2D eigenvalue weighted by atomic mass is 79.9. The summed E-state index contributed by atoms with van der Waals surface area (Å²) in [6.45, 7) is 4.68. The quantitative estimate of drug-likeness (QED) is 0.106. The third kappa shape index (κ3) is 6.93. The molecule has 1 aliphatic rings. The van der Waals surface area contributed by atoms with Crippen molar-refractivity contribution in [3.63, 3.8) is 0 Å². The molecule has 0 radical (unpaired) electrons. The lowest BCUT2D eigenvalue weighted by Gasteiger charge is -2.23. The summed E-state index contributed by atoms with van der Waals surface area (Å²) in [5, 5.41) is 11.1. The normalized spacial score (nSPS) is 14.2. The molecule has 238 valence electrons. The maximum atomic E-state index is 14.0. The van der Waals surface area contributed by atoms with Crippen molar-refractivity contribution in [1.82, 2.24) is 4.57 Å². The number of esters is 1. The second-order valence-electron chi connectivity index (χ2n) is 9.78. The average Bonchev–Trinajstić information content (AvgIpc) is 3.35. The Morgan fingerprint density at radius 2 is 1.76 bits per heavy atom. The van der Waals surface area contributed by atoms with Crippen LogP contribution in [0.3, 0.4) is 0 Å². The molecule has 3 aromatic carbocycles. The number of nitro benzene ring substituents is 1. The first-order valence-electron chi connectivity index (χ1n) is 14.0. The van der Waals surface area contributed by atoms with E-state index >= 15 is 0 Å². The van der Waals surface area contributed by atoms with Crippen molar-refractivity contribution >= 4 is 60.9 Å². The van der Waals surface area contributed by atoms with Crippen LogP contribution in [0.4, 0.5) is 5.69 Å².